The van der Waals surface area contributed by atoms with E-state index in [0.717, 1.165) is 116 Å². The summed E-state index contributed by atoms with van der Waals surface area (Å²) < 4.78 is 16.2. The van der Waals surface area contributed by atoms with Crippen molar-refractivity contribution in [1.29, 1.82) is 0 Å². The van der Waals surface area contributed by atoms with Gasteiger partial charge in [-0.05, 0) is 116 Å². The van der Waals surface area contributed by atoms with E-state index in [4.69, 9.17) is 14.2 Å². The molecular formula is C48H84O6. The Morgan fingerprint density at radius 1 is 0.407 bits per heavy atom. The van der Waals surface area contributed by atoms with E-state index in [1.807, 2.05) is 6.92 Å². The summed E-state index contributed by atoms with van der Waals surface area (Å²) in [7, 11) is 0. The maximum atomic E-state index is 12.0. The molecule has 0 fully saturated rings. The van der Waals surface area contributed by atoms with Gasteiger partial charge in [0.05, 0.1) is 13.2 Å². The maximum Gasteiger partial charge on any atom is 0.305 e. The average Bonchev–Trinajstić information content (AvgIpc) is 3.17. The van der Waals surface area contributed by atoms with Gasteiger partial charge in [0, 0.05) is 19.3 Å². The highest BCUT2D eigenvalue weighted by atomic mass is 16.5. The van der Waals surface area contributed by atoms with Crippen molar-refractivity contribution in [2.45, 2.75) is 226 Å². The van der Waals surface area contributed by atoms with Gasteiger partial charge in [-0.1, -0.05) is 134 Å². The third-order valence-corrected chi connectivity index (χ3v) is 9.62. The molecule has 0 saturated heterocycles. The number of carbonyl (C=O) groups is 3. The van der Waals surface area contributed by atoms with Crippen molar-refractivity contribution < 1.29 is 28.6 Å². The van der Waals surface area contributed by atoms with Crippen LogP contribution in [0.15, 0.2) is 48.6 Å². The van der Waals surface area contributed by atoms with E-state index in [1.54, 1.807) is 0 Å². The minimum atomic E-state index is -0.0551. The Morgan fingerprint density at radius 3 is 1.13 bits per heavy atom. The summed E-state index contributed by atoms with van der Waals surface area (Å²) in [5.41, 5.74) is 0. The van der Waals surface area contributed by atoms with Crippen LogP contribution < -0.4 is 0 Å². The Bertz CT molecular complexity index is 896. The summed E-state index contributed by atoms with van der Waals surface area (Å²) in [4.78, 5) is 35.2. The third kappa shape index (κ3) is 40.6. The Morgan fingerprint density at radius 2 is 0.759 bits per heavy atom. The Kier molecular flexibility index (Phi) is 41.0. The van der Waals surface area contributed by atoms with Crippen LogP contribution in [0.3, 0.4) is 0 Å². The predicted molar refractivity (Wildman–Crippen MR) is 229 cm³/mol. The van der Waals surface area contributed by atoms with Crippen LogP contribution in [-0.4, -0.2) is 37.2 Å². The molecule has 0 aromatic carbocycles. The number of rotatable bonds is 40. The highest BCUT2D eigenvalue weighted by Gasteiger charge is 2.13. The fourth-order valence-electron chi connectivity index (χ4n) is 6.10. The van der Waals surface area contributed by atoms with Gasteiger partial charge in [-0.2, -0.15) is 0 Å². The lowest BCUT2D eigenvalue weighted by molar-refractivity contribution is -0.149. The van der Waals surface area contributed by atoms with Gasteiger partial charge < -0.3 is 14.2 Å². The summed E-state index contributed by atoms with van der Waals surface area (Å²) in [5, 5.41) is 0. The summed E-state index contributed by atoms with van der Waals surface area (Å²) in [6, 6.07) is 0. The van der Waals surface area contributed by atoms with E-state index < -0.39 is 0 Å². The molecule has 312 valence electrons. The van der Waals surface area contributed by atoms with E-state index >= 15 is 0 Å². The SMILES string of the molecule is CCCCOC(=O)CCCC/C=C\C/C=C\CCCCCCCCC(CCCCCCCC/C=C\C/C=C\CCCCC(=O)OCCCC)OC(=O)CC. The lowest BCUT2D eigenvalue weighted by Gasteiger charge is -2.17. The summed E-state index contributed by atoms with van der Waals surface area (Å²) in [6.45, 7) is 7.21. The van der Waals surface area contributed by atoms with Crippen molar-refractivity contribution in [2.75, 3.05) is 13.2 Å². The Labute approximate surface area is 333 Å². The Balaban J connectivity index is 3.72. The van der Waals surface area contributed by atoms with Crippen molar-refractivity contribution in [3.8, 4) is 0 Å². The van der Waals surface area contributed by atoms with Crippen LogP contribution in [0, 0.1) is 0 Å². The molecule has 0 aliphatic heterocycles. The standard InChI is InChI=1S/C48H84O6/c1-4-7-43-52-47(50)41-37-33-29-25-21-17-13-9-11-15-19-23-27-31-35-39-45(54-46(49)6-3)40-36-32-28-24-20-16-12-10-14-18-22-26-30-34-38-42-48(51)53-44-8-5-2/h9-10,13-14,21-22,25-26,45H,4-8,11-12,15-20,23-24,27-44H2,1-3H3/b13-9-,14-10-,25-21-,26-22-. The van der Waals surface area contributed by atoms with E-state index in [1.165, 1.54) is 64.2 Å². The number of unbranched alkanes of at least 4 members (excludes halogenated alkanes) is 18. The lowest BCUT2D eigenvalue weighted by atomic mass is 10.0. The van der Waals surface area contributed by atoms with Crippen molar-refractivity contribution >= 4 is 17.9 Å². The largest absolute Gasteiger partial charge is 0.466 e. The van der Waals surface area contributed by atoms with Crippen molar-refractivity contribution in [3.63, 3.8) is 0 Å². The second-order valence-electron chi connectivity index (χ2n) is 14.9. The van der Waals surface area contributed by atoms with Crippen LogP contribution in [0.2, 0.25) is 0 Å². The van der Waals surface area contributed by atoms with Gasteiger partial charge in [-0.3, -0.25) is 14.4 Å². The maximum absolute atomic E-state index is 12.0. The number of carbonyl (C=O) groups excluding carboxylic acids is 3. The number of ether oxygens (including phenoxy) is 3. The minimum absolute atomic E-state index is 0.0535. The van der Waals surface area contributed by atoms with Gasteiger partial charge in [-0.25, -0.2) is 0 Å². The molecule has 0 N–H and O–H groups in total. The molecule has 0 amide bonds. The predicted octanol–water partition coefficient (Wildman–Crippen LogP) is 14.4. The lowest BCUT2D eigenvalue weighted by Crippen LogP contribution is -2.17. The number of allylic oxidation sites excluding steroid dienone is 8. The first-order chi connectivity index (χ1) is 26.5. The van der Waals surface area contributed by atoms with E-state index in [2.05, 4.69) is 62.5 Å². The minimum Gasteiger partial charge on any atom is -0.466 e. The zero-order valence-corrected chi connectivity index (χ0v) is 35.5. The zero-order chi connectivity index (χ0) is 39.4. The van der Waals surface area contributed by atoms with Crippen molar-refractivity contribution in [1.82, 2.24) is 0 Å². The molecule has 6 nitrogen and oxygen atoms in total. The number of hydrogen-bond donors (Lipinski definition) is 0. The first kappa shape index (κ1) is 51.4. The first-order valence-electron chi connectivity index (χ1n) is 22.6. The van der Waals surface area contributed by atoms with Crippen molar-refractivity contribution in [2.24, 2.45) is 0 Å². The fraction of sp³-hybridized carbons (Fsp3) is 0.771. The van der Waals surface area contributed by atoms with Crippen LogP contribution in [0.25, 0.3) is 0 Å². The molecule has 54 heavy (non-hydrogen) atoms. The molecule has 6 heteroatoms. The Hall–Kier alpha value is -2.63. The molecule has 0 aromatic rings. The summed E-state index contributed by atoms with van der Waals surface area (Å²) in [5.74, 6) is -0.162. The molecule has 0 aliphatic carbocycles. The van der Waals surface area contributed by atoms with Gasteiger partial charge in [0.25, 0.3) is 0 Å². The van der Waals surface area contributed by atoms with E-state index in [0.29, 0.717) is 32.5 Å². The molecule has 0 aliphatic rings. The fourth-order valence-corrected chi connectivity index (χ4v) is 6.10. The molecule has 0 rings (SSSR count). The quantitative estimate of drug-likeness (QED) is 0.0268. The van der Waals surface area contributed by atoms with Crippen LogP contribution in [0.4, 0.5) is 0 Å². The second kappa shape index (κ2) is 43.1. The van der Waals surface area contributed by atoms with Crippen LogP contribution in [-0.2, 0) is 28.6 Å². The van der Waals surface area contributed by atoms with Gasteiger partial charge in [0.15, 0.2) is 0 Å². The summed E-state index contributed by atoms with van der Waals surface area (Å²) in [6.07, 6.45) is 50.9. The summed E-state index contributed by atoms with van der Waals surface area (Å²) >= 11 is 0. The van der Waals surface area contributed by atoms with Crippen molar-refractivity contribution in [3.05, 3.63) is 48.6 Å². The number of esters is 3. The number of hydrogen-bond acceptors (Lipinski definition) is 6. The monoisotopic (exact) mass is 757 g/mol. The van der Waals surface area contributed by atoms with Gasteiger partial charge in [-0.15, -0.1) is 0 Å². The molecule has 0 atom stereocenters. The molecular weight excluding hydrogens is 673 g/mol. The topological polar surface area (TPSA) is 78.9 Å². The molecule has 0 bridgehead atoms. The third-order valence-electron chi connectivity index (χ3n) is 9.62. The van der Waals surface area contributed by atoms with Crippen LogP contribution in [0.1, 0.15) is 220 Å². The van der Waals surface area contributed by atoms with Gasteiger partial charge in [0.2, 0.25) is 0 Å². The molecule has 0 aromatic heterocycles. The molecule has 0 spiro atoms. The smallest absolute Gasteiger partial charge is 0.305 e. The van der Waals surface area contributed by atoms with Crippen LogP contribution in [0.5, 0.6) is 0 Å². The van der Waals surface area contributed by atoms with E-state index in [9.17, 15) is 14.4 Å². The molecule has 0 radical (unpaired) electrons. The second-order valence-corrected chi connectivity index (χ2v) is 14.9. The van der Waals surface area contributed by atoms with Crippen LogP contribution >= 0.6 is 0 Å². The first-order valence-corrected chi connectivity index (χ1v) is 22.6. The molecule has 0 heterocycles. The van der Waals surface area contributed by atoms with Gasteiger partial charge in [0.1, 0.15) is 6.10 Å². The van der Waals surface area contributed by atoms with Gasteiger partial charge >= 0.3 is 17.9 Å². The highest BCUT2D eigenvalue weighted by Crippen LogP contribution is 2.18. The van der Waals surface area contributed by atoms with E-state index in [-0.39, 0.29) is 24.0 Å². The normalized spacial score (nSPS) is 11.9. The highest BCUT2D eigenvalue weighted by molar-refractivity contribution is 5.69. The molecule has 0 unspecified atom stereocenters. The molecule has 0 saturated carbocycles. The zero-order valence-electron chi connectivity index (χ0n) is 35.5. The average molecular weight is 757 g/mol.